The summed E-state index contributed by atoms with van der Waals surface area (Å²) in [5.41, 5.74) is 1.77. The Morgan fingerprint density at radius 3 is 2.71 bits per heavy atom. The highest BCUT2D eigenvalue weighted by Gasteiger charge is 2.25. The third-order valence-electron chi connectivity index (χ3n) is 4.29. The molecule has 1 aliphatic rings. The Morgan fingerprint density at radius 1 is 1.38 bits per heavy atom. The van der Waals surface area contributed by atoms with E-state index < -0.39 is 0 Å². The number of methoxy groups -OCH3 is 1. The van der Waals surface area contributed by atoms with Gasteiger partial charge in [-0.15, -0.1) is 0 Å². The number of aryl methyl sites for hydroxylation is 1. The molecule has 1 saturated heterocycles. The van der Waals surface area contributed by atoms with Crippen LogP contribution in [-0.4, -0.2) is 44.6 Å². The zero-order chi connectivity index (χ0) is 15.2. The molecule has 0 aromatic heterocycles. The van der Waals surface area contributed by atoms with E-state index in [4.69, 9.17) is 4.74 Å². The number of likely N-dealkylation sites (tertiary alicyclic amines) is 1. The summed E-state index contributed by atoms with van der Waals surface area (Å²) in [4.78, 5) is 14.7. The fourth-order valence-corrected chi connectivity index (χ4v) is 2.93. The number of benzene rings is 1. The average molecular weight is 290 g/mol. The van der Waals surface area contributed by atoms with Crippen molar-refractivity contribution in [1.82, 2.24) is 10.2 Å². The molecular formula is C17H26N2O2. The minimum Gasteiger partial charge on any atom is -0.496 e. The molecule has 1 aromatic carbocycles. The van der Waals surface area contributed by atoms with E-state index >= 15 is 0 Å². The van der Waals surface area contributed by atoms with Crippen LogP contribution in [0.3, 0.4) is 0 Å². The molecule has 1 N–H and O–H groups in total. The molecule has 0 bridgehead atoms. The first kappa shape index (κ1) is 15.8. The van der Waals surface area contributed by atoms with Crippen LogP contribution in [0.4, 0.5) is 0 Å². The highest BCUT2D eigenvalue weighted by atomic mass is 16.5. The Bertz CT molecular complexity index is 480. The standard InChI is InChI=1S/C17H26N2O2/c1-13-4-5-16(21-3)15(12-13)17(20)19-10-7-14(8-11-19)6-9-18-2/h4-5,12,14,18H,6-11H2,1-3H3. The van der Waals surface area contributed by atoms with Crippen molar-refractivity contribution in [3.8, 4) is 5.75 Å². The molecule has 1 heterocycles. The number of carbonyl (C=O) groups excluding carboxylic acids is 1. The number of nitrogens with zero attached hydrogens (tertiary/aromatic N) is 1. The number of nitrogens with one attached hydrogen (secondary N) is 1. The summed E-state index contributed by atoms with van der Waals surface area (Å²) >= 11 is 0. The predicted molar refractivity (Wildman–Crippen MR) is 84.9 cm³/mol. The largest absolute Gasteiger partial charge is 0.496 e. The van der Waals surface area contributed by atoms with Gasteiger partial charge in [-0.1, -0.05) is 11.6 Å². The summed E-state index contributed by atoms with van der Waals surface area (Å²) in [6, 6.07) is 5.77. The van der Waals surface area contributed by atoms with Gasteiger partial charge in [0.15, 0.2) is 0 Å². The van der Waals surface area contributed by atoms with Gasteiger partial charge in [-0.2, -0.15) is 0 Å². The number of rotatable bonds is 5. The van der Waals surface area contributed by atoms with Gasteiger partial charge in [-0.3, -0.25) is 4.79 Å². The molecule has 1 aliphatic heterocycles. The van der Waals surface area contributed by atoms with Gasteiger partial charge in [0.1, 0.15) is 5.75 Å². The van der Waals surface area contributed by atoms with Crippen LogP contribution >= 0.6 is 0 Å². The minimum atomic E-state index is 0.0996. The van der Waals surface area contributed by atoms with E-state index in [1.54, 1.807) is 7.11 Å². The van der Waals surface area contributed by atoms with Gasteiger partial charge in [0.25, 0.3) is 5.91 Å². The Balaban J connectivity index is 2.00. The maximum Gasteiger partial charge on any atom is 0.257 e. The summed E-state index contributed by atoms with van der Waals surface area (Å²) in [7, 11) is 3.61. The van der Waals surface area contributed by atoms with Crippen LogP contribution < -0.4 is 10.1 Å². The lowest BCUT2D eigenvalue weighted by molar-refractivity contribution is 0.0683. The Kier molecular flexibility index (Phi) is 5.62. The van der Waals surface area contributed by atoms with Crippen molar-refractivity contribution >= 4 is 5.91 Å². The Morgan fingerprint density at radius 2 is 2.10 bits per heavy atom. The zero-order valence-corrected chi connectivity index (χ0v) is 13.3. The second-order valence-corrected chi connectivity index (χ2v) is 5.83. The van der Waals surface area contributed by atoms with Crippen LogP contribution in [0.1, 0.15) is 35.2 Å². The quantitative estimate of drug-likeness (QED) is 0.906. The molecule has 0 saturated carbocycles. The lowest BCUT2D eigenvalue weighted by Crippen LogP contribution is -2.39. The van der Waals surface area contributed by atoms with Crippen molar-refractivity contribution in [3.05, 3.63) is 29.3 Å². The van der Waals surface area contributed by atoms with Gasteiger partial charge < -0.3 is 15.0 Å². The lowest BCUT2D eigenvalue weighted by atomic mass is 9.93. The first-order chi connectivity index (χ1) is 10.2. The van der Waals surface area contributed by atoms with Crippen molar-refractivity contribution in [2.24, 2.45) is 5.92 Å². The molecule has 1 fully saturated rings. The van der Waals surface area contributed by atoms with E-state index in [1.807, 2.05) is 37.1 Å². The molecular weight excluding hydrogens is 264 g/mol. The van der Waals surface area contributed by atoms with Gasteiger partial charge in [0.05, 0.1) is 12.7 Å². The first-order valence-corrected chi connectivity index (χ1v) is 7.74. The molecule has 0 spiro atoms. The van der Waals surface area contributed by atoms with Crippen molar-refractivity contribution in [1.29, 1.82) is 0 Å². The number of hydrogen-bond donors (Lipinski definition) is 1. The predicted octanol–water partition coefficient (Wildman–Crippen LogP) is 2.47. The summed E-state index contributed by atoms with van der Waals surface area (Å²) in [6.45, 7) is 4.76. The van der Waals surface area contributed by atoms with Crippen LogP contribution in [0.5, 0.6) is 5.75 Å². The third-order valence-corrected chi connectivity index (χ3v) is 4.29. The number of amides is 1. The fourth-order valence-electron chi connectivity index (χ4n) is 2.93. The SMILES string of the molecule is CNCCC1CCN(C(=O)c2cc(C)ccc2OC)CC1. The smallest absolute Gasteiger partial charge is 0.257 e. The number of ether oxygens (including phenoxy) is 1. The summed E-state index contributed by atoms with van der Waals surface area (Å²) in [5.74, 6) is 1.51. The third kappa shape index (κ3) is 3.97. The average Bonchev–Trinajstić information content (AvgIpc) is 2.52. The summed E-state index contributed by atoms with van der Waals surface area (Å²) < 4.78 is 5.33. The van der Waals surface area contributed by atoms with Gasteiger partial charge in [0, 0.05) is 13.1 Å². The molecule has 4 heteroatoms. The van der Waals surface area contributed by atoms with E-state index in [9.17, 15) is 4.79 Å². The second-order valence-electron chi connectivity index (χ2n) is 5.83. The van der Waals surface area contributed by atoms with Crippen molar-refractivity contribution < 1.29 is 9.53 Å². The van der Waals surface area contributed by atoms with Crippen molar-refractivity contribution in [2.45, 2.75) is 26.2 Å². The topological polar surface area (TPSA) is 41.6 Å². The highest BCUT2D eigenvalue weighted by Crippen LogP contribution is 2.25. The van der Waals surface area contributed by atoms with E-state index in [0.717, 1.165) is 44.0 Å². The van der Waals surface area contributed by atoms with E-state index in [-0.39, 0.29) is 5.91 Å². The number of carbonyl (C=O) groups is 1. The molecule has 1 amide bonds. The van der Waals surface area contributed by atoms with Gasteiger partial charge in [0.2, 0.25) is 0 Å². The van der Waals surface area contributed by atoms with Gasteiger partial charge in [-0.05, 0) is 57.8 Å². The molecule has 0 radical (unpaired) electrons. The number of piperidine rings is 1. The molecule has 21 heavy (non-hydrogen) atoms. The molecule has 2 rings (SSSR count). The van der Waals surface area contributed by atoms with E-state index in [1.165, 1.54) is 6.42 Å². The fraction of sp³-hybridized carbons (Fsp3) is 0.588. The van der Waals surface area contributed by atoms with Crippen LogP contribution in [0.2, 0.25) is 0 Å². The van der Waals surface area contributed by atoms with Crippen LogP contribution in [0.25, 0.3) is 0 Å². The second kappa shape index (κ2) is 7.46. The monoisotopic (exact) mass is 290 g/mol. The van der Waals surface area contributed by atoms with E-state index in [0.29, 0.717) is 11.3 Å². The molecule has 0 atom stereocenters. The maximum absolute atomic E-state index is 12.7. The Labute approximate surface area is 127 Å². The van der Waals surface area contributed by atoms with Gasteiger partial charge in [-0.25, -0.2) is 0 Å². The van der Waals surface area contributed by atoms with Gasteiger partial charge >= 0.3 is 0 Å². The molecule has 1 aromatic rings. The van der Waals surface area contributed by atoms with Crippen LogP contribution in [0.15, 0.2) is 18.2 Å². The molecule has 0 aliphatic carbocycles. The first-order valence-electron chi connectivity index (χ1n) is 7.74. The van der Waals surface area contributed by atoms with E-state index in [2.05, 4.69) is 5.32 Å². The summed E-state index contributed by atoms with van der Waals surface area (Å²) in [5, 5.41) is 3.20. The number of hydrogen-bond acceptors (Lipinski definition) is 3. The minimum absolute atomic E-state index is 0.0996. The van der Waals surface area contributed by atoms with Crippen molar-refractivity contribution in [2.75, 3.05) is 33.8 Å². The van der Waals surface area contributed by atoms with Crippen LogP contribution in [-0.2, 0) is 0 Å². The molecule has 0 unspecified atom stereocenters. The molecule has 4 nitrogen and oxygen atoms in total. The maximum atomic E-state index is 12.7. The Hall–Kier alpha value is -1.55. The van der Waals surface area contributed by atoms with Crippen molar-refractivity contribution in [3.63, 3.8) is 0 Å². The normalized spacial score (nSPS) is 16.0. The lowest BCUT2D eigenvalue weighted by Gasteiger charge is -2.32. The zero-order valence-electron chi connectivity index (χ0n) is 13.3. The summed E-state index contributed by atoms with van der Waals surface area (Å²) in [6.07, 6.45) is 3.40. The molecule has 116 valence electrons. The van der Waals surface area contributed by atoms with Crippen LogP contribution in [0, 0.1) is 12.8 Å². The highest BCUT2D eigenvalue weighted by molar-refractivity contribution is 5.97.